The van der Waals surface area contributed by atoms with E-state index in [2.05, 4.69) is 27.9 Å². The molecule has 0 fully saturated rings. The van der Waals surface area contributed by atoms with Crippen LogP contribution in [0.1, 0.15) is 17.2 Å². The predicted molar refractivity (Wildman–Crippen MR) is 81.0 cm³/mol. The maximum Gasteiger partial charge on any atom is 0.130 e. The molecule has 0 saturated carbocycles. The van der Waals surface area contributed by atoms with Gasteiger partial charge in [-0.15, -0.1) is 0 Å². The normalized spacial score (nSPS) is 12.4. The molecule has 0 amide bonds. The van der Waals surface area contributed by atoms with Crippen molar-refractivity contribution >= 4 is 22.6 Å². The Morgan fingerprint density at radius 3 is 2.16 bits per heavy atom. The van der Waals surface area contributed by atoms with Gasteiger partial charge in [-0.1, -0.05) is 18.2 Å². The first-order valence-corrected chi connectivity index (χ1v) is 7.05. The van der Waals surface area contributed by atoms with Crippen LogP contribution in [-0.2, 0) is 6.42 Å². The molecule has 0 aromatic heterocycles. The van der Waals surface area contributed by atoms with E-state index in [1.807, 2.05) is 24.3 Å². The number of hydrogen-bond donors (Lipinski definition) is 1. The summed E-state index contributed by atoms with van der Waals surface area (Å²) in [5, 5.41) is 2.98. The Morgan fingerprint density at radius 2 is 1.63 bits per heavy atom. The van der Waals surface area contributed by atoms with Crippen molar-refractivity contribution in [1.29, 1.82) is 0 Å². The molecule has 0 radical (unpaired) electrons. The quantitative estimate of drug-likeness (QED) is 0.797. The summed E-state index contributed by atoms with van der Waals surface area (Å²) in [6.45, 7) is 0. The summed E-state index contributed by atoms with van der Waals surface area (Å²) in [5.41, 5.74) is 1.14. The summed E-state index contributed by atoms with van der Waals surface area (Å²) in [6, 6.07) is 11.5. The van der Waals surface area contributed by atoms with E-state index in [-0.39, 0.29) is 11.6 Å². The highest BCUT2D eigenvalue weighted by molar-refractivity contribution is 14.1. The molecule has 2 aromatic carbocycles. The van der Waals surface area contributed by atoms with E-state index in [0.29, 0.717) is 6.42 Å². The molecule has 19 heavy (non-hydrogen) atoms. The third-order valence-corrected chi connectivity index (χ3v) is 3.77. The minimum Gasteiger partial charge on any atom is -0.313 e. The topological polar surface area (TPSA) is 12.0 Å². The Morgan fingerprint density at radius 1 is 1.05 bits per heavy atom. The van der Waals surface area contributed by atoms with E-state index < -0.39 is 11.6 Å². The summed E-state index contributed by atoms with van der Waals surface area (Å²) < 4.78 is 28.7. The summed E-state index contributed by atoms with van der Waals surface area (Å²) in [5.74, 6) is -1.02. The lowest BCUT2D eigenvalue weighted by Gasteiger charge is -2.18. The molecular formula is C15H14F2IN. The van der Waals surface area contributed by atoms with Crippen molar-refractivity contribution in [2.45, 2.75) is 12.5 Å². The van der Waals surface area contributed by atoms with Crippen LogP contribution >= 0.6 is 22.6 Å². The van der Waals surface area contributed by atoms with E-state index in [1.165, 1.54) is 18.2 Å². The standard InChI is InChI=1S/C15H14F2IN/c1-19-14(9-10-5-7-11(18)8-6-10)15-12(16)3-2-4-13(15)17/h2-8,14,19H,9H2,1H3. The molecule has 0 aliphatic carbocycles. The average Bonchev–Trinajstić information content (AvgIpc) is 2.39. The van der Waals surface area contributed by atoms with Gasteiger partial charge in [-0.3, -0.25) is 0 Å². The largest absolute Gasteiger partial charge is 0.313 e. The molecule has 4 heteroatoms. The second-order valence-electron chi connectivity index (χ2n) is 4.31. The zero-order chi connectivity index (χ0) is 13.8. The Hall–Kier alpha value is -1.01. The van der Waals surface area contributed by atoms with Crippen LogP contribution in [0.25, 0.3) is 0 Å². The Kier molecular flexibility index (Phi) is 4.87. The molecule has 0 spiro atoms. The second kappa shape index (κ2) is 6.43. The Balaban J connectivity index is 2.27. The molecule has 1 N–H and O–H groups in total. The lowest BCUT2D eigenvalue weighted by Crippen LogP contribution is -2.21. The smallest absolute Gasteiger partial charge is 0.130 e. The molecule has 1 atom stereocenters. The first kappa shape index (κ1) is 14.4. The van der Waals surface area contributed by atoms with Gasteiger partial charge in [-0.2, -0.15) is 0 Å². The average molecular weight is 373 g/mol. The van der Waals surface area contributed by atoms with Gasteiger partial charge in [0.2, 0.25) is 0 Å². The van der Waals surface area contributed by atoms with E-state index in [9.17, 15) is 8.78 Å². The molecular weight excluding hydrogens is 359 g/mol. The minimum atomic E-state index is -0.509. The molecule has 0 aliphatic rings. The molecule has 2 rings (SSSR count). The van der Waals surface area contributed by atoms with Crippen molar-refractivity contribution in [3.05, 3.63) is 68.8 Å². The first-order valence-electron chi connectivity index (χ1n) is 5.97. The van der Waals surface area contributed by atoms with Crippen LogP contribution in [0.4, 0.5) is 8.78 Å². The molecule has 1 nitrogen and oxygen atoms in total. The van der Waals surface area contributed by atoms with Gasteiger partial charge in [-0.25, -0.2) is 8.78 Å². The van der Waals surface area contributed by atoms with Gasteiger partial charge in [0.1, 0.15) is 11.6 Å². The van der Waals surface area contributed by atoms with E-state index >= 15 is 0 Å². The van der Waals surface area contributed by atoms with E-state index in [1.54, 1.807) is 7.05 Å². The van der Waals surface area contributed by atoms with Crippen LogP contribution in [0.2, 0.25) is 0 Å². The summed E-state index contributed by atoms with van der Waals surface area (Å²) in [6.07, 6.45) is 0.547. The molecule has 0 aliphatic heterocycles. The Bertz CT molecular complexity index is 534. The number of likely N-dealkylation sites (N-methyl/N-ethyl adjacent to an activating group) is 1. The van der Waals surface area contributed by atoms with Gasteiger partial charge in [0.25, 0.3) is 0 Å². The molecule has 100 valence electrons. The first-order chi connectivity index (χ1) is 9.11. The van der Waals surface area contributed by atoms with Crippen molar-refractivity contribution < 1.29 is 8.78 Å². The van der Waals surface area contributed by atoms with E-state index in [0.717, 1.165) is 9.13 Å². The van der Waals surface area contributed by atoms with Crippen LogP contribution in [0, 0.1) is 15.2 Å². The maximum atomic E-state index is 13.8. The fourth-order valence-electron chi connectivity index (χ4n) is 2.05. The van der Waals surface area contributed by atoms with Crippen LogP contribution < -0.4 is 5.32 Å². The third kappa shape index (κ3) is 3.51. The van der Waals surface area contributed by atoms with Crippen LogP contribution in [-0.4, -0.2) is 7.05 Å². The lowest BCUT2D eigenvalue weighted by atomic mass is 9.98. The van der Waals surface area contributed by atoms with Crippen molar-refractivity contribution in [2.24, 2.45) is 0 Å². The number of halogens is 3. The monoisotopic (exact) mass is 373 g/mol. The minimum absolute atomic E-state index is 0.101. The fraction of sp³-hybridized carbons (Fsp3) is 0.200. The summed E-state index contributed by atoms with van der Waals surface area (Å²) in [7, 11) is 1.71. The number of hydrogen-bond acceptors (Lipinski definition) is 1. The third-order valence-electron chi connectivity index (χ3n) is 3.05. The molecule has 2 aromatic rings. The fourth-order valence-corrected chi connectivity index (χ4v) is 2.41. The SMILES string of the molecule is CNC(Cc1ccc(I)cc1)c1c(F)cccc1F. The summed E-state index contributed by atoms with van der Waals surface area (Å²) >= 11 is 2.23. The van der Waals surface area contributed by atoms with Crippen LogP contribution in [0.15, 0.2) is 42.5 Å². The van der Waals surface area contributed by atoms with E-state index in [4.69, 9.17) is 0 Å². The number of benzene rings is 2. The lowest BCUT2D eigenvalue weighted by molar-refractivity contribution is 0.489. The predicted octanol–water partition coefficient (Wildman–Crippen LogP) is 4.07. The maximum absolute atomic E-state index is 13.8. The molecule has 0 heterocycles. The van der Waals surface area contributed by atoms with Gasteiger partial charge in [-0.05, 0) is 65.9 Å². The van der Waals surface area contributed by atoms with Crippen LogP contribution in [0.5, 0.6) is 0 Å². The zero-order valence-corrected chi connectivity index (χ0v) is 12.6. The van der Waals surface area contributed by atoms with Gasteiger partial charge >= 0.3 is 0 Å². The molecule has 0 bridgehead atoms. The summed E-state index contributed by atoms with van der Waals surface area (Å²) in [4.78, 5) is 0. The highest BCUT2D eigenvalue weighted by atomic mass is 127. The molecule has 1 unspecified atom stereocenters. The highest BCUT2D eigenvalue weighted by Gasteiger charge is 2.18. The van der Waals surface area contributed by atoms with Gasteiger partial charge < -0.3 is 5.32 Å². The van der Waals surface area contributed by atoms with Crippen LogP contribution in [0.3, 0.4) is 0 Å². The zero-order valence-electron chi connectivity index (χ0n) is 10.5. The molecule has 0 saturated heterocycles. The van der Waals surface area contributed by atoms with Gasteiger partial charge in [0.15, 0.2) is 0 Å². The van der Waals surface area contributed by atoms with Crippen molar-refractivity contribution in [3.63, 3.8) is 0 Å². The number of nitrogens with one attached hydrogen (secondary N) is 1. The second-order valence-corrected chi connectivity index (χ2v) is 5.55. The van der Waals surface area contributed by atoms with Gasteiger partial charge in [0.05, 0.1) is 0 Å². The van der Waals surface area contributed by atoms with Gasteiger partial charge in [0, 0.05) is 15.2 Å². The Labute approximate surface area is 125 Å². The van der Waals surface area contributed by atoms with Crippen molar-refractivity contribution in [1.82, 2.24) is 5.32 Å². The number of rotatable bonds is 4. The van der Waals surface area contributed by atoms with Crippen molar-refractivity contribution in [3.8, 4) is 0 Å². The highest BCUT2D eigenvalue weighted by Crippen LogP contribution is 2.24. The van der Waals surface area contributed by atoms with Crippen molar-refractivity contribution in [2.75, 3.05) is 7.05 Å².